The smallest absolute Gasteiger partial charge is 0.0149 e. The molecule has 1 heteroatoms. The molecule has 0 aromatic carbocycles. The average molecular weight is 146 g/mol. The van der Waals surface area contributed by atoms with Crippen molar-refractivity contribution < 1.29 is 0 Å². The molecule has 0 atom stereocenters. The molecular formula is C8H22Si. The lowest BCUT2D eigenvalue weighted by Gasteiger charge is -2.00. The Morgan fingerprint density at radius 2 is 1.67 bits per heavy atom. The Bertz CT molecular complexity index is 41.8. The van der Waals surface area contributed by atoms with Crippen molar-refractivity contribution in [2.45, 2.75) is 46.5 Å². The highest BCUT2D eigenvalue weighted by Crippen LogP contribution is 2.06. The van der Waals surface area contributed by atoms with Gasteiger partial charge in [0, 0.05) is 0 Å². The number of hydrogen-bond acceptors (Lipinski definition) is 0. The van der Waals surface area contributed by atoms with Crippen molar-refractivity contribution in [1.29, 1.82) is 0 Å². The van der Waals surface area contributed by atoms with Gasteiger partial charge >= 0.3 is 0 Å². The molecule has 0 rings (SSSR count). The van der Waals surface area contributed by atoms with Gasteiger partial charge in [-0.2, -0.15) is 0 Å². The molecule has 58 valence electrons. The SMILES string of the molecule is CCCCCC(C)C.[SiH4]. The van der Waals surface area contributed by atoms with E-state index in [1.165, 1.54) is 25.7 Å². The Labute approximate surface area is 64.1 Å². The van der Waals surface area contributed by atoms with Gasteiger partial charge in [0.15, 0.2) is 0 Å². The Balaban J connectivity index is 0. The maximum atomic E-state index is 2.29. The molecule has 0 heterocycles. The van der Waals surface area contributed by atoms with Gasteiger partial charge in [0.2, 0.25) is 0 Å². The van der Waals surface area contributed by atoms with Gasteiger partial charge in [-0.3, -0.25) is 0 Å². The number of hydrogen-bond donors (Lipinski definition) is 0. The van der Waals surface area contributed by atoms with Crippen LogP contribution in [0.2, 0.25) is 0 Å². The molecule has 0 radical (unpaired) electrons. The van der Waals surface area contributed by atoms with Crippen LogP contribution in [0.25, 0.3) is 0 Å². The molecule has 0 amide bonds. The highest BCUT2D eigenvalue weighted by Gasteiger charge is 1.90. The minimum atomic E-state index is 0. The summed E-state index contributed by atoms with van der Waals surface area (Å²) in [6.07, 6.45) is 5.60. The van der Waals surface area contributed by atoms with E-state index < -0.39 is 0 Å². The third-order valence-electron chi connectivity index (χ3n) is 1.39. The van der Waals surface area contributed by atoms with Crippen LogP contribution < -0.4 is 0 Å². The van der Waals surface area contributed by atoms with Crippen molar-refractivity contribution in [2.24, 2.45) is 5.92 Å². The third kappa shape index (κ3) is 11.7. The van der Waals surface area contributed by atoms with Crippen LogP contribution in [0.15, 0.2) is 0 Å². The molecule has 0 saturated heterocycles. The van der Waals surface area contributed by atoms with Gasteiger partial charge in [-0.25, -0.2) is 0 Å². The van der Waals surface area contributed by atoms with E-state index in [1.807, 2.05) is 0 Å². The predicted octanol–water partition coefficient (Wildman–Crippen LogP) is 1.77. The normalized spacial score (nSPS) is 9.33. The Hall–Kier alpha value is 0.217. The predicted molar refractivity (Wildman–Crippen MR) is 50.3 cm³/mol. The van der Waals surface area contributed by atoms with Crippen molar-refractivity contribution in [2.75, 3.05) is 0 Å². The summed E-state index contributed by atoms with van der Waals surface area (Å²) in [6, 6.07) is 0. The minimum absolute atomic E-state index is 0. The summed E-state index contributed by atoms with van der Waals surface area (Å²) in [5, 5.41) is 0. The molecule has 0 aromatic rings. The van der Waals surface area contributed by atoms with Crippen LogP contribution >= 0.6 is 0 Å². The molecular weight excluding hydrogens is 124 g/mol. The molecule has 9 heavy (non-hydrogen) atoms. The maximum Gasteiger partial charge on any atom is -0.0149 e. The fourth-order valence-electron chi connectivity index (χ4n) is 0.803. The number of unbranched alkanes of at least 4 members (excludes halogenated alkanes) is 2. The monoisotopic (exact) mass is 146 g/mol. The van der Waals surface area contributed by atoms with Crippen LogP contribution in [0.3, 0.4) is 0 Å². The zero-order valence-electron chi connectivity index (χ0n) is 6.41. The van der Waals surface area contributed by atoms with E-state index in [-0.39, 0.29) is 11.0 Å². The summed E-state index contributed by atoms with van der Waals surface area (Å²) < 4.78 is 0. The average Bonchev–Trinajstić information content (AvgIpc) is 1.66. The quantitative estimate of drug-likeness (QED) is 0.419. The van der Waals surface area contributed by atoms with E-state index in [4.69, 9.17) is 0 Å². The first kappa shape index (κ1) is 11.9. The first-order valence-corrected chi connectivity index (χ1v) is 3.77. The standard InChI is InChI=1S/C8H18.H4Si/c1-4-5-6-7-8(2)3;/h8H,4-7H2,1-3H3;1H4. The van der Waals surface area contributed by atoms with Gasteiger partial charge in [0.05, 0.1) is 0 Å². The van der Waals surface area contributed by atoms with Gasteiger partial charge in [-0.15, -0.1) is 0 Å². The lowest BCUT2D eigenvalue weighted by Crippen LogP contribution is -1.85. The molecule has 0 aromatic heterocycles. The lowest BCUT2D eigenvalue weighted by molar-refractivity contribution is 0.534. The molecule has 0 aliphatic carbocycles. The molecule has 0 aliphatic heterocycles. The summed E-state index contributed by atoms with van der Waals surface area (Å²) in [6.45, 7) is 6.83. The van der Waals surface area contributed by atoms with Crippen LogP contribution in [0.5, 0.6) is 0 Å². The fourth-order valence-corrected chi connectivity index (χ4v) is 0.803. The Kier molecular flexibility index (Phi) is 10.9. The van der Waals surface area contributed by atoms with E-state index in [2.05, 4.69) is 20.8 Å². The van der Waals surface area contributed by atoms with Crippen LogP contribution in [0, 0.1) is 5.92 Å². The van der Waals surface area contributed by atoms with Crippen LogP contribution in [0.4, 0.5) is 0 Å². The zero-order chi connectivity index (χ0) is 6.41. The van der Waals surface area contributed by atoms with Crippen LogP contribution in [-0.4, -0.2) is 11.0 Å². The molecule has 0 aliphatic rings. The van der Waals surface area contributed by atoms with E-state index in [0.717, 1.165) is 5.92 Å². The van der Waals surface area contributed by atoms with E-state index in [9.17, 15) is 0 Å². The van der Waals surface area contributed by atoms with Gasteiger partial charge in [-0.1, -0.05) is 46.5 Å². The highest BCUT2D eigenvalue weighted by atomic mass is 28.1. The van der Waals surface area contributed by atoms with Crippen LogP contribution in [0.1, 0.15) is 46.5 Å². The Morgan fingerprint density at radius 1 is 1.11 bits per heavy atom. The summed E-state index contributed by atoms with van der Waals surface area (Å²) in [7, 11) is 0. The summed E-state index contributed by atoms with van der Waals surface area (Å²) in [4.78, 5) is 0. The van der Waals surface area contributed by atoms with Gasteiger partial charge in [-0.05, 0) is 16.9 Å². The molecule has 0 unspecified atom stereocenters. The topological polar surface area (TPSA) is 0 Å². The second-order valence-corrected chi connectivity index (χ2v) is 2.89. The highest BCUT2D eigenvalue weighted by molar-refractivity contribution is 5.75. The fraction of sp³-hybridized carbons (Fsp3) is 1.00. The second-order valence-electron chi connectivity index (χ2n) is 2.89. The summed E-state index contributed by atoms with van der Waals surface area (Å²) >= 11 is 0. The Morgan fingerprint density at radius 3 is 2.00 bits per heavy atom. The van der Waals surface area contributed by atoms with Gasteiger partial charge in [0.1, 0.15) is 0 Å². The maximum absolute atomic E-state index is 2.29. The second kappa shape index (κ2) is 8.22. The lowest BCUT2D eigenvalue weighted by atomic mass is 10.1. The van der Waals surface area contributed by atoms with Gasteiger partial charge in [0.25, 0.3) is 0 Å². The molecule has 0 fully saturated rings. The largest absolute Gasteiger partial charge is 0.0654 e. The van der Waals surface area contributed by atoms with Crippen molar-refractivity contribution in [3.8, 4) is 0 Å². The molecule has 0 nitrogen and oxygen atoms in total. The van der Waals surface area contributed by atoms with E-state index in [0.29, 0.717) is 0 Å². The first-order valence-electron chi connectivity index (χ1n) is 3.77. The summed E-state index contributed by atoms with van der Waals surface area (Å²) in [5.41, 5.74) is 0. The van der Waals surface area contributed by atoms with Crippen molar-refractivity contribution >= 4 is 11.0 Å². The van der Waals surface area contributed by atoms with Gasteiger partial charge < -0.3 is 0 Å². The van der Waals surface area contributed by atoms with Crippen molar-refractivity contribution in [3.63, 3.8) is 0 Å². The molecule has 0 spiro atoms. The minimum Gasteiger partial charge on any atom is -0.0654 e. The van der Waals surface area contributed by atoms with E-state index >= 15 is 0 Å². The third-order valence-corrected chi connectivity index (χ3v) is 1.39. The van der Waals surface area contributed by atoms with Crippen LogP contribution in [-0.2, 0) is 0 Å². The molecule has 0 bridgehead atoms. The van der Waals surface area contributed by atoms with Crippen molar-refractivity contribution in [3.05, 3.63) is 0 Å². The number of rotatable bonds is 4. The van der Waals surface area contributed by atoms with E-state index in [1.54, 1.807) is 0 Å². The molecule has 0 saturated carbocycles. The summed E-state index contributed by atoms with van der Waals surface area (Å²) in [5.74, 6) is 0.904. The first-order chi connectivity index (χ1) is 3.77. The molecule has 0 N–H and O–H groups in total. The van der Waals surface area contributed by atoms with Crippen molar-refractivity contribution in [1.82, 2.24) is 0 Å². The zero-order valence-corrected chi connectivity index (χ0v) is 6.41.